The molecule has 3 rings (SSSR count). The van der Waals surface area contributed by atoms with Gasteiger partial charge in [0.05, 0.1) is 18.1 Å². The lowest BCUT2D eigenvalue weighted by Crippen LogP contribution is -2.50. The smallest absolute Gasteiger partial charge is 0.409 e. The Labute approximate surface area is 134 Å². The van der Waals surface area contributed by atoms with Crippen LogP contribution in [0.25, 0.3) is 11.0 Å². The molecule has 0 radical (unpaired) electrons. The van der Waals surface area contributed by atoms with Crippen molar-refractivity contribution in [3.63, 3.8) is 0 Å². The van der Waals surface area contributed by atoms with Gasteiger partial charge in [0.2, 0.25) is 0 Å². The van der Waals surface area contributed by atoms with Crippen LogP contribution >= 0.6 is 0 Å². The van der Waals surface area contributed by atoms with Crippen molar-refractivity contribution in [3.8, 4) is 0 Å². The summed E-state index contributed by atoms with van der Waals surface area (Å²) in [7, 11) is 3.32. The van der Waals surface area contributed by atoms with Crippen LogP contribution in [0.5, 0.6) is 0 Å². The number of piperazine rings is 1. The lowest BCUT2D eigenvalue weighted by molar-refractivity contribution is 0.0600. The highest BCUT2D eigenvalue weighted by Crippen LogP contribution is 2.18. The maximum atomic E-state index is 12.6. The lowest BCUT2D eigenvalue weighted by atomic mass is 10.1. The third kappa shape index (κ3) is 2.74. The van der Waals surface area contributed by atoms with Gasteiger partial charge >= 0.3 is 6.09 Å². The first-order valence-electron chi connectivity index (χ1n) is 7.56. The molecule has 1 fully saturated rings. The molecule has 0 atom stereocenters. The third-order valence-electron chi connectivity index (χ3n) is 4.35. The van der Waals surface area contributed by atoms with Crippen LogP contribution in [0.4, 0.5) is 4.79 Å². The van der Waals surface area contributed by atoms with Gasteiger partial charge in [0, 0.05) is 38.8 Å². The van der Waals surface area contributed by atoms with E-state index in [2.05, 4.69) is 4.98 Å². The van der Waals surface area contributed by atoms with Crippen LogP contribution in [0.15, 0.2) is 18.2 Å². The Bertz CT molecular complexity index is 760. The van der Waals surface area contributed by atoms with E-state index in [1.54, 1.807) is 9.80 Å². The number of rotatable bonds is 1. The molecule has 0 bridgehead atoms. The molecule has 0 saturated carbocycles. The Kier molecular flexibility index (Phi) is 3.94. The summed E-state index contributed by atoms with van der Waals surface area (Å²) in [6.07, 6.45) is -0.345. The SMILES string of the molecule is COC(=O)N1CCN(C(=O)c2ccc3c(c2)nc(C)n3C)CC1. The molecule has 0 unspecified atom stereocenters. The number of hydrogen-bond acceptors (Lipinski definition) is 4. The van der Waals surface area contributed by atoms with Gasteiger partial charge in [0.25, 0.3) is 5.91 Å². The van der Waals surface area contributed by atoms with E-state index in [-0.39, 0.29) is 12.0 Å². The van der Waals surface area contributed by atoms with Gasteiger partial charge in [-0.25, -0.2) is 9.78 Å². The number of fused-ring (bicyclic) bond motifs is 1. The van der Waals surface area contributed by atoms with Gasteiger partial charge < -0.3 is 19.1 Å². The molecule has 2 amide bonds. The molecular weight excluding hydrogens is 296 g/mol. The van der Waals surface area contributed by atoms with E-state index < -0.39 is 0 Å². The molecule has 1 saturated heterocycles. The minimum Gasteiger partial charge on any atom is -0.453 e. The first kappa shape index (κ1) is 15.3. The maximum Gasteiger partial charge on any atom is 0.409 e. The maximum absolute atomic E-state index is 12.6. The highest BCUT2D eigenvalue weighted by molar-refractivity contribution is 5.97. The van der Waals surface area contributed by atoms with E-state index >= 15 is 0 Å². The third-order valence-corrected chi connectivity index (χ3v) is 4.35. The van der Waals surface area contributed by atoms with Gasteiger partial charge in [-0.15, -0.1) is 0 Å². The molecular formula is C16H20N4O3. The Morgan fingerprint density at radius 2 is 1.78 bits per heavy atom. The fourth-order valence-corrected chi connectivity index (χ4v) is 2.86. The number of ether oxygens (including phenoxy) is 1. The lowest BCUT2D eigenvalue weighted by Gasteiger charge is -2.33. The standard InChI is InChI=1S/C16H20N4O3/c1-11-17-13-10-12(4-5-14(13)18(11)2)15(21)19-6-8-20(9-7-19)16(22)23-3/h4-5,10H,6-9H2,1-3H3. The van der Waals surface area contributed by atoms with E-state index in [0.29, 0.717) is 31.7 Å². The van der Waals surface area contributed by atoms with Crippen molar-refractivity contribution in [2.45, 2.75) is 6.92 Å². The van der Waals surface area contributed by atoms with Crippen LogP contribution in [0.1, 0.15) is 16.2 Å². The number of benzene rings is 1. The highest BCUT2D eigenvalue weighted by atomic mass is 16.5. The number of carbonyl (C=O) groups is 2. The average molecular weight is 316 g/mol. The summed E-state index contributed by atoms with van der Waals surface area (Å²) in [5.74, 6) is 0.885. The molecule has 0 aliphatic carbocycles. The molecule has 0 N–H and O–H groups in total. The van der Waals surface area contributed by atoms with Crippen molar-refractivity contribution in [3.05, 3.63) is 29.6 Å². The zero-order valence-corrected chi connectivity index (χ0v) is 13.6. The Morgan fingerprint density at radius 1 is 1.13 bits per heavy atom. The van der Waals surface area contributed by atoms with E-state index in [9.17, 15) is 9.59 Å². The summed E-state index contributed by atoms with van der Waals surface area (Å²) in [5.41, 5.74) is 2.46. The summed E-state index contributed by atoms with van der Waals surface area (Å²) in [6.45, 7) is 3.93. The molecule has 1 aliphatic rings. The normalized spacial score (nSPS) is 15.1. The highest BCUT2D eigenvalue weighted by Gasteiger charge is 2.25. The van der Waals surface area contributed by atoms with Crippen LogP contribution in [0, 0.1) is 6.92 Å². The average Bonchev–Trinajstić information content (AvgIpc) is 2.87. The first-order valence-corrected chi connectivity index (χ1v) is 7.56. The molecule has 2 heterocycles. The number of hydrogen-bond donors (Lipinski definition) is 0. The zero-order valence-electron chi connectivity index (χ0n) is 13.6. The van der Waals surface area contributed by atoms with Gasteiger partial charge in [0.15, 0.2) is 0 Å². The predicted octanol–water partition coefficient (Wildman–Crippen LogP) is 1.41. The van der Waals surface area contributed by atoms with Crippen molar-refractivity contribution in [1.29, 1.82) is 0 Å². The quantitative estimate of drug-likeness (QED) is 0.798. The molecule has 1 aliphatic heterocycles. The number of imidazole rings is 1. The van der Waals surface area contributed by atoms with E-state index in [4.69, 9.17) is 4.74 Å². The van der Waals surface area contributed by atoms with E-state index in [0.717, 1.165) is 16.9 Å². The Balaban J connectivity index is 1.75. The molecule has 1 aromatic carbocycles. The number of aromatic nitrogens is 2. The monoisotopic (exact) mass is 316 g/mol. The fourth-order valence-electron chi connectivity index (χ4n) is 2.86. The van der Waals surface area contributed by atoms with Crippen molar-refractivity contribution in [1.82, 2.24) is 19.4 Å². The summed E-state index contributed by atoms with van der Waals surface area (Å²) in [6, 6.07) is 5.59. The summed E-state index contributed by atoms with van der Waals surface area (Å²) >= 11 is 0. The second-order valence-corrected chi connectivity index (χ2v) is 5.67. The second kappa shape index (κ2) is 5.91. The molecule has 7 nitrogen and oxygen atoms in total. The molecule has 0 spiro atoms. The second-order valence-electron chi connectivity index (χ2n) is 5.67. The van der Waals surface area contributed by atoms with Gasteiger partial charge in [-0.3, -0.25) is 4.79 Å². The van der Waals surface area contributed by atoms with Gasteiger partial charge in [-0.05, 0) is 25.1 Å². The summed E-state index contributed by atoms with van der Waals surface area (Å²) in [5, 5.41) is 0. The minimum atomic E-state index is -0.345. The fraction of sp³-hybridized carbons (Fsp3) is 0.438. The van der Waals surface area contributed by atoms with E-state index in [1.807, 2.05) is 36.7 Å². The number of nitrogens with zero attached hydrogens (tertiary/aromatic N) is 4. The van der Waals surface area contributed by atoms with Crippen molar-refractivity contribution < 1.29 is 14.3 Å². The zero-order chi connectivity index (χ0) is 16.6. The topological polar surface area (TPSA) is 67.7 Å². The number of amides is 2. The largest absolute Gasteiger partial charge is 0.453 e. The van der Waals surface area contributed by atoms with Crippen molar-refractivity contribution >= 4 is 23.0 Å². The van der Waals surface area contributed by atoms with Crippen LogP contribution in [-0.4, -0.2) is 64.6 Å². The Morgan fingerprint density at radius 3 is 2.43 bits per heavy atom. The predicted molar refractivity (Wildman–Crippen MR) is 85.3 cm³/mol. The van der Waals surface area contributed by atoms with Crippen molar-refractivity contribution in [2.24, 2.45) is 7.05 Å². The van der Waals surface area contributed by atoms with Crippen LogP contribution in [0.2, 0.25) is 0 Å². The van der Waals surface area contributed by atoms with Crippen LogP contribution in [0.3, 0.4) is 0 Å². The number of methoxy groups -OCH3 is 1. The molecule has 1 aromatic heterocycles. The summed E-state index contributed by atoms with van der Waals surface area (Å²) in [4.78, 5) is 32.0. The van der Waals surface area contributed by atoms with Gasteiger partial charge in [-0.2, -0.15) is 0 Å². The first-order chi connectivity index (χ1) is 11.0. The van der Waals surface area contributed by atoms with Crippen LogP contribution < -0.4 is 0 Å². The van der Waals surface area contributed by atoms with Crippen molar-refractivity contribution in [2.75, 3.05) is 33.3 Å². The molecule has 122 valence electrons. The molecule has 7 heteroatoms. The Hall–Kier alpha value is -2.57. The number of carbonyl (C=O) groups excluding carboxylic acids is 2. The van der Waals surface area contributed by atoms with E-state index in [1.165, 1.54) is 7.11 Å². The summed E-state index contributed by atoms with van der Waals surface area (Å²) < 4.78 is 6.70. The van der Waals surface area contributed by atoms with Gasteiger partial charge in [-0.1, -0.05) is 0 Å². The molecule has 2 aromatic rings. The van der Waals surface area contributed by atoms with Crippen LogP contribution in [-0.2, 0) is 11.8 Å². The molecule has 23 heavy (non-hydrogen) atoms. The minimum absolute atomic E-state index is 0.0280. The number of aryl methyl sites for hydroxylation is 2. The van der Waals surface area contributed by atoms with Gasteiger partial charge in [0.1, 0.15) is 5.82 Å².